The third-order valence-corrected chi connectivity index (χ3v) is 4.52. The maximum absolute atomic E-state index is 10.3. The van der Waals surface area contributed by atoms with Gasteiger partial charge in [-0.15, -0.1) is 0 Å². The summed E-state index contributed by atoms with van der Waals surface area (Å²) in [5, 5.41) is 7.45. The molecule has 0 aliphatic rings. The molecule has 0 atom stereocenters. The van der Waals surface area contributed by atoms with Crippen LogP contribution >= 0.6 is 0 Å². The van der Waals surface area contributed by atoms with Crippen molar-refractivity contribution in [3.63, 3.8) is 0 Å². The summed E-state index contributed by atoms with van der Waals surface area (Å²) in [6.45, 7) is 22.6. The van der Waals surface area contributed by atoms with Gasteiger partial charge in [0.1, 0.15) is 6.61 Å². The number of hydrogen-bond donors (Lipinski definition) is 3. The van der Waals surface area contributed by atoms with Gasteiger partial charge in [-0.2, -0.15) is 0 Å². The highest BCUT2D eigenvalue weighted by molar-refractivity contribution is 5.75. The molecule has 20 nitrogen and oxygen atoms in total. The molecule has 364 valence electrons. The van der Waals surface area contributed by atoms with E-state index < -0.39 is 0 Å². The molecule has 0 fully saturated rings. The summed E-state index contributed by atoms with van der Waals surface area (Å²) >= 11 is 0. The van der Waals surface area contributed by atoms with Crippen LogP contribution < -0.4 is 16.0 Å². The molecule has 0 unspecified atom stereocenters. The molecule has 3 amide bonds. The van der Waals surface area contributed by atoms with Crippen LogP contribution in [0, 0.1) is 0 Å². The number of rotatable bonds is 14. The Bertz CT molecular complexity index is 860. The van der Waals surface area contributed by atoms with E-state index in [1.54, 1.807) is 56.4 Å². The summed E-state index contributed by atoms with van der Waals surface area (Å²) in [5.41, 5.74) is 0. The van der Waals surface area contributed by atoms with Gasteiger partial charge < -0.3 is 58.6 Å². The Morgan fingerprint density at radius 1 is 0.450 bits per heavy atom. The lowest BCUT2D eigenvalue weighted by Gasteiger charge is -1.97. The van der Waals surface area contributed by atoms with Gasteiger partial charge in [0.2, 0.25) is 17.7 Å². The second kappa shape index (κ2) is 82.5. The molecule has 0 aliphatic carbocycles. The van der Waals surface area contributed by atoms with Gasteiger partial charge in [-0.1, -0.05) is 41.0 Å². The van der Waals surface area contributed by atoms with Crippen LogP contribution in [0.2, 0.25) is 0 Å². The molecule has 0 saturated carbocycles. The molecule has 0 aromatic rings. The first-order valence-electron chi connectivity index (χ1n) is 19.2. The number of methoxy groups -OCH3 is 7. The van der Waals surface area contributed by atoms with Crippen molar-refractivity contribution in [1.82, 2.24) is 16.0 Å². The highest BCUT2D eigenvalue weighted by atomic mass is 16.6. The molecule has 60 heavy (non-hydrogen) atoms. The quantitative estimate of drug-likeness (QED) is 0.127. The van der Waals surface area contributed by atoms with Gasteiger partial charge in [-0.05, 0) is 13.3 Å². The molecule has 0 heterocycles. The average Bonchev–Trinajstić information content (AvgIpc) is 3.21. The number of nitrogens with one attached hydrogen (secondary N) is 3. The van der Waals surface area contributed by atoms with Gasteiger partial charge in [0.15, 0.2) is 0 Å². The molecular formula is C40H87N3O17. The smallest absolute Gasteiger partial charge is 0.307 e. The predicted molar refractivity (Wildman–Crippen MR) is 232 cm³/mol. The average molecular weight is 882 g/mol. The van der Waals surface area contributed by atoms with Gasteiger partial charge in [0, 0.05) is 103 Å². The number of carbonyl (C=O) groups excluding carboxylic acids is 8. The summed E-state index contributed by atoms with van der Waals surface area (Å²) in [5.74, 6) is -1.02. The lowest BCUT2D eigenvalue weighted by atomic mass is 10.5. The zero-order valence-electron chi connectivity index (χ0n) is 40.9. The molecule has 0 rings (SSSR count). The third-order valence-electron chi connectivity index (χ3n) is 4.52. The zero-order chi connectivity index (χ0) is 49.6. The highest BCUT2D eigenvalue weighted by Gasteiger charge is 1.96. The molecule has 0 radical (unpaired) electrons. The van der Waals surface area contributed by atoms with Crippen molar-refractivity contribution in [3.05, 3.63) is 0 Å². The Labute approximate surface area is 362 Å². The molecule has 20 heteroatoms. The van der Waals surface area contributed by atoms with Gasteiger partial charge in [0.05, 0.1) is 54.2 Å². The van der Waals surface area contributed by atoms with Crippen LogP contribution in [0.4, 0.5) is 0 Å². The number of ether oxygens (including phenoxy) is 9. The summed E-state index contributed by atoms with van der Waals surface area (Å²) < 4.78 is 40.2. The van der Waals surface area contributed by atoms with E-state index in [2.05, 4.69) is 74.6 Å². The molecule has 0 saturated heterocycles. The first kappa shape index (κ1) is 79.7. The van der Waals surface area contributed by atoms with Crippen molar-refractivity contribution in [3.8, 4) is 0 Å². The molecule has 0 aliphatic heterocycles. The second-order valence-corrected chi connectivity index (χ2v) is 10.2. The van der Waals surface area contributed by atoms with Crippen LogP contribution in [0.3, 0.4) is 0 Å². The number of carbonyl (C=O) groups is 8. The van der Waals surface area contributed by atoms with E-state index >= 15 is 0 Å². The summed E-state index contributed by atoms with van der Waals surface area (Å²) in [6, 6.07) is 0. The van der Waals surface area contributed by atoms with Crippen LogP contribution in [0.1, 0.15) is 108 Å². The Kier molecular flexibility index (Phi) is 110. The normalized spacial score (nSPS) is 7.93. The fourth-order valence-corrected chi connectivity index (χ4v) is 1.61. The largest absolute Gasteiger partial charge is 0.469 e. The summed E-state index contributed by atoms with van der Waals surface area (Å²) in [4.78, 5) is 79.6. The van der Waals surface area contributed by atoms with Crippen LogP contribution in [0.15, 0.2) is 0 Å². The molecule has 0 aromatic heterocycles. The molecule has 0 spiro atoms. The molecule has 0 bridgehead atoms. The standard InChI is InChI=1S/C5H11NO2.2C5H10O3.C4H9NO.2C4H8O2.C4H10O.C3H7NO.C3H6O2.C3H8/c1-5(7)6-3-4-8-2;1-7-4-3-5(6)8-2;1-5(6)8-4-3-7-2;1-3-4(6)5-2;1-3-4(5)6-2;1-3-6-4(2)5;1-3-4-5-2;1-3(5)4-2;1-3(4)5-2;1-3-2/h3-4H2,1-2H3,(H,6,7);2*3-4H2,1-2H3;3H2,1-2H3,(H,5,6);2*3H2,1-2H3;3-4H2,1-2H3;1-2H3,(H,4,5);1-2H3;3H2,1-2H3. The van der Waals surface area contributed by atoms with E-state index in [1.807, 2.05) is 6.92 Å². The molecular weight excluding hydrogens is 794 g/mol. The van der Waals surface area contributed by atoms with Crippen molar-refractivity contribution >= 4 is 47.6 Å². The number of esters is 5. The first-order chi connectivity index (χ1) is 28.1. The SMILES string of the molecule is CCC.CCC(=O)NC.CCC(=O)OC.CCCOC.CCOC(C)=O.CNC(C)=O.COC(C)=O.COCCC(=O)OC.COCCNC(C)=O.COCCOC(C)=O. The Morgan fingerprint density at radius 2 is 0.850 bits per heavy atom. The Hall–Kier alpha value is -4.40. The van der Waals surface area contributed by atoms with E-state index in [1.165, 1.54) is 62.4 Å². The Morgan fingerprint density at radius 3 is 1.00 bits per heavy atom. The van der Waals surface area contributed by atoms with Crippen LogP contribution in [0.5, 0.6) is 0 Å². The zero-order valence-corrected chi connectivity index (χ0v) is 40.9. The fraction of sp³-hybridized carbons (Fsp3) is 0.800. The Balaban J connectivity index is -0.0000000584. The van der Waals surface area contributed by atoms with Gasteiger partial charge >= 0.3 is 29.8 Å². The number of amides is 3. The topological polar surface area (TPSA) is 256 Å². The van der Waals surface area contributed by atoms with Crippen LogP contribution in [-0.2, 0) is 81.0 Å². The predicted octanol–water partition coefficient (Wildman–Crippen LogP) is 3.83. The first-order valence-corrected chi connectivity index (χ1v) is 19.2. The summed E-state index contributed by atoms with van der Waals surface area (Å²) in [7, 11) is 13.7. The van der Waals surface area contributed by atoms with Crippen molar-refractivity contribution in [2.45, 2.75) is 108 Å². The summed E-state index contributed by atoms with van der Waals surface area (Å²) in [6.07, 6.45) is 3.76. The van der Waals surface area contributed by atoms with Crippen molar-refractivity contribution in [2.24, 2.45) is 0 Å². The third kappa shape index (κ3) is 181. The minimum absolute atomic E-state index is 0.00463. The molecule has 0 aromatic carbocycles. The van der Waals surface area contributed by atoms with E-state index in [-0.39, 0.29) is 47.6 Å². The van der Waals surface area contributed by atoms with Gasteiger partial charge in [0.25, 0.3) is 0 Å². The van der Waals surface area contributed by atoms with Crippen LogP contribution in [-0.4, -0.2) is 158 Å². The maximum atomic E-state index is 10.3. The second-order valence-electron chi connectivity index (χ2n) is 10.2. The van der Waals surface area contributed by atoms with Crippen molar-refractivity contribution < 1.29 is 81.0 Å². The van der Waals surface area contributed by atoms with Crippen LogP contribution in [0.25, 0.3) is 0 Å². The minimum atomic E-state index is -0.262. The minimum Gasteiger partial charge on any atom is -0.469 e. The fourth-order valence-electron chi connectivity index (χ4n) is 1.61. The van der Waals surface area contributed by atoms with E-state index in [0.717, 1.165) is 13.0 Å². The van der Waals surface area contributed by atoms with E-state index in [9.17, 15) is 38.4 Å². The van der Waals surface area contributed by atoms with E-state index in [0.29, 0.717) is 58.8 Å². The lowest BCUT2D eigenvalue weighted by Crippen LogP contribution is -2.23. The highest BCUT2D eigenvalue weighted by Crippen LogP contribution is 1.82. The molecule has 3 N–H and O–H groups in total. The lowest BCUT2D eigenvalue weighted by molar-refractivity contribution is -0.142. The number of hydrogen-bond acceptors (Lipinski definition) is 17. The van der Waals surface area contributed by atoms with Gasteiger partial charge in [-0.3, -0.25) is 38.4 Å². The van der Waals surface area contributed by atoms with Crippen molar-refractivity contribution in [1.29, 1.82) is 0 Å². The monoisotopic (exact) mass is 882 g/mol. The maximum Gasteiger partial charge on any atom is 0.307 e. The van der Waals surface area contributed by atoms with Gasteiger partial charge in [-0.25, -0.2) is 0 Å². The van der Waals surface area contributed by atoms with E-state index in [4.69, 9.17) is 4.74 Å². The van der Waals surface area contributed by atoms with Crippen molar-refractivity contribution in [2.75, 3.05) is 110 Å².